The maximum atomic E-state index is 5.96. The molecule has 3 aliphatic rings. The van der Waals surface area contributed by atoms with Gasteiger partial charge in [0.2, 0.25) is 0 Å². The third-order valence-corrected chi connectivity index (χ3v) is 5.38. The molecule has 0 amide bonds. The fourth-order valence-corrected chi connectivity index (χ4v) is 3.81. The molecule has 1 N–H and O–H groups in total. The van der Waals surface area contributed by atoms with E-state index in [-0.39, 0.29) is 0 Å². The number of rotatable bonds is 7. The van der Waals surface area contributed by atoms with Crippen LogP contribution in [0.1, 0.15) is 43.2 Å². The fraction of sp³-hybridized carbons (Fsp3) is 0.778. The lowest BCUT2D eigenvalue weighted by atomic mass is 10.1. The number of hydrogen-bond acceptors (Lipinski definition) is 4. The molecule has 0 bridgehead atoms. The van der Waals surface area contributed by atoms with Gasteiger partial charge in [0.25, 0.3) is 0 Å². The van der Waals surface area contributed by atoms with Crippen molar-refractivity contribution >= 4 is 0 Å². The monoisotopic (exact) mass is 304 g/mol. The van der Waals surface area contributed by atoms with E-state index in [4.69, 9.17) is 9.15 Å². The van der Waals surface area contributed by atoms with Crippen LogP contribution in [0.25, 0.3) is 0 Å². The van der Waals surface area contributed by atoms with Gasteiger partial charge < -0.3 is 14.5 Å². The molecule has 2 heterocycles. The predicted octanol–water partition coefficient (Wildman–Crippen LogP) is 2.74. The van der Waals surface area contributed by atoms with E-state index >= 15 is 0 Å². The van der Waals surface area contributed by atoms with E-state index in [0.717, 1.165) is 62.2 Å². The van der Waals surface area contributed by atoms with Crippen LogP contribution in [0.4, 0.5) is 0 Å². The van der Waals surface area contributed by atoms with Crippen molar-refractivity contribution in [2.75, 3.05) is 32.8 Å². The second kappa shape index (κ2) is 6.34. The molecule has 1 aromatic rings. The molecule has 122 valence electrons. The van der Waals surface area contributed by atoms with E-state index < -0.39 is 0 Å². The SMILES string of the molecule is Cc1ccc(C(CNC(C2CC2)C2CC2)N2CCOCC2)o1. The quantitative estimate of drug-likeness (QED) is 0.840. The minimum absolute atomic E-state index is 0.345. The summed E-state index contributed by atoms with van der Waals surface area (Å²) in [6.45, 7) is 6.72. The maximum Gasteiger partial charge on any atom is 0.122 e. The molecule has 4 heteroatoms. The molecule has 2 aliphatic carbocycles. The Morgan fingerprint density at radius 2 is 1.82 bits per heavy atom. The lowest BCUT2D eigenvalue weighted by molar-refractivity contribution is 0.0107. The molecule has 1 atom stereocenters. The summed E-state index contributed by atoms with van der Waals surface area (Å²) in [6.07, 6.45) is 5.71. The van der Waals surface area contributed by atoms with Gasteiger partial charge in [0.05, 0.1) is 19.3 Å². The summed E-state index contributed by atoms with van der Waals surface area (Å²) in [4.78, 5) is 2.52. The number of furan rings is 1. The van der Waals surface area contributed by atoms with Gasteiger partial charge >= 0.3 is 0 Å². The summed E-state index contributed by atoms with van der Waals surface area (Å²) in [7, 11) is 0. The first-order valence-corrected chi connectivity index (χ1v) is 8.93. The highest BCUT2D eigenvalue weighted by atomic mass is 16.5. The lowest BCUT2D eigenvalue weighted by Gasteiger charge is -2.34. The maximum absolute atomic E-state index is 5.96. The fourth-order valence-electron chi connectivity index (χ4n) is 3.81. The second-order valence-electron chi connectivity index (χ2n) is 7.22. The molecular weight excluding hydrogens is 276 g/mol. The summed E-state index contributed by atoms with van der Waals surface area (Å²) in [6, 6.07) is 5.33. The third kappa shape index (κ3) is 3.39. The molecule has 22 heavy (non-hydrogen) atoms. The van der Waals surface area contributed by atoms with Crippen molar-refractivity contribution < 1.29 is 9.15 Å². The van der Waals surface area contributed by atoms with Crippen molar-refractivity contribution in [2.45, 2.75) is 44.7 Å². The van der Waals surface area contributed by atoms with Crippen molar-refractivity contribution in [3.63, 3.8) is 0 Å². The molecular formula is C18H28N2O2. The van der Waals surface area contributed by atoms with Gasteiger partial charge in [0.15, 0.2) is 0 Å². The van der Waals surface area contributed by atoms with Crippen LogP contribution in [0.15, 0.2) is 16.5 Å². The van der Waals surface area contributed by atoms with Crippen molar-refractivity contribution in [2.24, 2.45) is 11.8 Å². The molecule has 1 aliphatic heterocycles. The van der Waals surface area contributed by atoms with Gasteiger partial charge in [-0.1, -0.05) is 0 Å². The van der Waals surface area contributed by atoms with E-state index in [1.807, 2.05) is 6.92 Å². The molecule has 1 aromatic heterocycles. The van der Waals surface area contributed by atoms with Crippen molar-refractivity contribution in [1.82, 2.24) is 10.2 Å². The van der Waals surface area contributed by atoms with Gasteiger partial charge in [-0.15, -0.1) is 0 Å². The highest BCUT2D eigenvalue weighted by Gasteiger charge is 2.41. The average Bonchev–Trinajstić information content (AvgIpc) is 3.45. The first-order valence-electron chi connectivity index (χ1n) is 8.93. The van der Waals surface area contributed by atoms with Crippen molar-refractivity contribution in [3.05, 3.63) is 23.7 Å². The Bertz CT molecular complexity index is 475. The topological polar surface area (TPSA) is 37.6 Å². The first-order chi connectivity index (χ1) is 10.8. The van der Waals surface area contributed by atoms with Gasteiger partial charge in [-0.25, -0.2) is 0 Å². The summed E-state index contributed by atoms with van der Waals surface area (Å²) in [5, 5.41) is 3.91. The number of ether oxygens (including phenoxy) is 1. The predicted molar refractivity (Wildman–Crippen MR) is 85.8 cm³/mol. The molecule has 0 radical (unpaired) electrons. The normalized spacial score (nSPS) is 24.8. The number of aryl methyl sites for hydroxylation is 1. The molecule has 3 fully saturated rings. The smallest absolute Gasteiger partial charge is 0.122 e. The Labute approximate surface area is 133 Å². The summed E-state index contributed by atoms with van der Waals surface area (Å²) >= 11 is 0. The highest BCUT2D eigenvalue weighted by Crippen LogP contribution is 2.44. The van der Waals surface area contributed by atoms with E-state index in [2.05, 4.69) is 22.3 Å². The second-order valence-corrected chi connectivity index (χ2v) is 7.22. The first kappa shape index (κ1) is 14.7. The molecule has 0 aromatic carbocycles. The van der Waals surface area contributed by atoms with Crippen LogP contribution in [-0.2, 0) is 4.74 Å². The molecule has 0 spiro atoms. The average molecular weight is 304 g/mol. The van der Waals surface area contributed by atoms with E-state index in [1.165, 1.54) is 25.7 Å². The minimum atomic E-state index is 0.345. The summed E-state index contributed by atoms with van der Waals surface area (Å²) in [5.74, 6) is 4.00. The Morgan fingerprint density at radius 1 is 1.14 bits per heavy atom. The Hall–Kier alpha value is -0.840. The minimum Gasteiger partial charge on any atom is -0.465 e. The lowest BCUT2D eigenvalue weighted by Crippen LogP contribution is -2.45. The van der Waals surface area contributed by atoms with Crippen LogP contribution in [0.2, 0.25) is 0 Å². The van der Waals surface area contributed by atoms with Crippen LogP contribution >= 0.6 is 0 Å². The highest BCUT2D eigenvalue weighted by molar-refractivity contribution is 5.11. The van der Waals surface area contributed by atoms with Gasteiger partial charge in [-0.2, -0.15) is 0 Å². The Balaban J connectivity index is 1.44. The number of hydrogen-bond donors (Lipinski definition) is 1. The van der Waals surface area contributed by atoms with Crippen LogP contribution in [0.5, 0.6) is 0 Å². The van der Waals surface area contributed by atoms with Crippen LogP contribution in [-0.4, -0.2) is 43.8 Å². The zero-order chi connectivity index (χ0) is 14.9. The largest absolute Gasteiger partial charge is 0.465 e. The third-order valence-electron chi connectivity index (χ3n) is 5.38. The summed E-state index contributed by atoms with van der Waals surface area (Å²) in [5.41, 5.74) is 0. The van der Waals surface area contributed by atoms with Gasteiger partial charge in [-0.3, -0.25) is 4.90 Å². The van der Waals surface area contributed by atoms with Crippen molar-refractivity contribution in [3.8, 4) is 0 Å². The Kier molecular flexibility index (Phi) is 4.25. The zero-order valence-corrected chi connectivity index (χ0v) is 13.6. The Morgan fingerprint density at radius 3 is 2.36 bits per heavy atom. The van der Waals surface area contributed by atoms with E-state index in [0.29, 0.717) is 6.04 Å². The van der Waals surface area contributed by atoms with E-state index in [1.54, 1.807) is 0 Å². The molecule has 1 saturated heterocycles. The summed E-state index contributed by atoms with van der Waals surface area (Å²) < 4.78 is 11.5. The standard InChI is InChI=1S/C18H28N2O2/c1-13-2-7-17(22-13)16(20-8-10-21-11-9-20)12-19-18(14-3-4-14)15-5-6-15/h2,7,14-16,18-19H,3-6,8-12H2,1H3. The number of nitrogens with zero attached hydrogens (tertiary/aromatic N) is 1. The molecule has 4 rings (SSSR count). The molecule has 1 unspecified atom stereocenters. The van der Waals surface area contributed by atoms with Crippen LogP contribution < -0.4 is 5.32 Å². The van der Waals surface area contributed by atoms with Gasteiger partial charge in [0, 0.05) is 25.7 Å². The van der Waals surface area contributed by atoms with E-state index in [9.17, 15) is 0 Å². The number of nitrogens with one attached hydrogen (secondary N) is 1. The zero-order valence-electron chi connectivity index (χ0n) is 13.6. The van der Waals surface area contributed by atoms with Gasteiger partial charge in [0.1, 0.15) is 11.5 Å². The van der Waals surface area contributed by atoms with Gasteiger partial charge in [-0.05, 0) is 56.6 Å². The van der Waals surface area contributed by atoms with Crippen LogP contribution in [0, 0.1) is 18.8 Å². The number of morpholine rings is 1. The van der Waals surface area contributed by atoms with Crippen LogP contribution in [0.3, 0.4) is 0 Å². The molecule has 4 nitrogen and oxygen atoms in total. The van der Waals surface area contributed by atoms with Crippen molar-refractivity contribution in [1.29, 1.82) is 0 Å². The molecule has 2 saturated carbocycles.